The highest BCUT2D eigenvalue weighted by Crippen LogP contribution is 2.47. The molecule has 2 aliphatic heterocycles. The number of alkyl halides is 3. The molecule has 45 heavy (non-hydrogen) atoms. The van der Waals surface area contributed by atoms with E-state index in [1.807, 2.05) is 34.6 Å². The predicted molar refractivity (Wildman–Crippen MR) is 164 cm³/mol. The lowest BCUT2D eigenvalue weighted by Gasteiger charge is -2.40. The largest absolute Gasteiger partial charge is 0.493 e. The first-order chi connectivity index (χ1) is 21.1. The van der Waals surface area contributed by atoms with Gasteiger partial charge in [-0.05, 0) is 84.5 Å². The van der Waals surface area contributed by atoms with E-state index in [0.29, 0.717) is 85.7 Å². The van der Waals surface area contributed by atoms with Crippen LogP contribution in [0, 0.1) is 5.41 Å². The van der Waals surface area contributed by atoms with Crippen LogP contribution < -0.4 is 19.5 Å². The molecule has 8 nitrogen and oxygen atoms in total. The van der Waals surface area contributed by atoms with Gasteiger partial charge in [-0.2, -0.15) is 13.2 Å². The summed E-state index contributed by atoms with van der Waals surface area (Å²) in [6.07, 6.45) is -1.50. The Kier molecular flexibility index (Phi) is 10.0. The summed E-state index contributed by atoms with van der Waals surface area (Å²) in [7, 11) is 0. The first kappa shape index (κ1) is 34.4. The zero-order chi connectivity index (χ0) is 33.2. The van der Waals surface area contributed by atoms with E-state index in [1.54, 1.807) is 18.2 Å². The maximum Gasteiger partial charge on any atom is 0.421 e. The van der Waals surface area contributed by atoms with Crippen molar-refractivity contribution in [2.75, 3.05) is 26.4 Å². The van der Waals surface area contributed by atoms with E-state index < -0.39 is 28.8 Å². The van der Waals surface area contributed by atoms with Crippen molar-refractivity contribution in [1.82, 2.24) is 10.2 Å². The molecular formula is C34H45F3N2O6. The van der Waals surface area contributed by atoms with Gasteiger partial charge in [-0.3, -0.25) is 9.69 Å². The highest BCUT2D eigenvalue weighted by molar-refractivity contribution is 6.08. The van der Waals surface area contributed by atoms with Gasteiger partial charge in [-0.15, -0.1) is 0 Å². The highest BCUT2D eigenvalue weighted by Gasteiger charge is 2.59. The first-order valence-electron chi connectivity index (χ1n) is 15.7. The number of rotatable bonds is 12. The van der Waals surface area contributed by atoms with Crippen molar-refractivity contribution in [2.24, 2.45) is 5.41 Å². The SMILES string of the molecule is CCCc1cc(C(C)(O)C(F)(F)F)cc(CCC)c1OCCCCN1C(=O)NC(c2ccc3c(c2)OCCO3)(C(C)(C)C)C1=O. The molecule has 11 heteroatoms. The molecule has 4 rings (SSSR count). The fraction of sp³-hybridized carbons (Fsp3) is 0.588. The monoisotopic (exact) mass is 634 g/mol. The molecule has 0 bridgehead atoms. The van der Waals surface area contributed by atoms with E-state index >= 15 is 0 Å². The Morgan fingerprint density at radius 2 is 1.53 bits per heavy atom. The number of fused-ring (bicyclic) bond motifs is 1. The first-order valence-corrected chi connectivity index (χ1v) is 15.7. The van der Waals surface area contributed by atoms with Crippen LogP contribution in [0.15, 0.2) is 30.3 Å². The minimum Gasteiger partial charge on any atom is -0.493 e. The molecule has 0 spiro atoms. The van der Waals surface area contributed by atoms with Gasteiger partial charge in [0.2, 0.25) is 0 Å². The van der Waals surface area contributed by atoms with Gasteiger partial charge in [0, 0.05) is 6.54 Å². The van der Waals surface area contributed by atoms with Gasteiger partial charge in [0.05, 0.1) is 6.61 Å². The molecule has 2 unspecified atom stereocenters. The number of benzene rings is 2. The highest BCUT2D eigenvalue weighted by atomic mass is 19.4. The summed E-state index contributed by atoms with van der Waals surface area (Å²) in [6, 6.07) is 7.61. The topological polar surface area (TPSA) is 97.3 Å². The van der Waals surface area contributed by atoms with Crippen molar-refractivity contribution in [3.63, 3.8) is 0 Å². The van der Waals surface area contributed by atoms with E-state index in [0.717, 1.165) is 6.92 Å². The summed E-state index contributed by atoms with van der Waals surface area (Å²) in [6.45, 7) is 11.6. The Morgan fingerprint density at radius 3 is 2.09 bits per heavy atom. The number of amides is 3. The number of hydrogen-bond donors (Lipinski definition) is 2. The number of imide groups is 1. The van der Waals surface area contributed by atoms with E-state index in [-0.39, 0.29) is 24.6 Å². The van der Waals surface area contributed by atoms with Crippen LogP contribution in [0.25, 0.3) is 0 Å². The average molecular weight is 635 g/mol. The zero-order valence-corrected chi connectivity index (χ0v) is 27.0. The molecule has 1 fully saturated rings. The Labute approximate surface area is 263 Å². The minimum absolute atomic E-state index is 0.174. The Hall–Kier alpha value is -3.47. The maximum atomic E-state index is 14.0. The lowest BCUT2D eigenvalue weighted by Crippen LogP contribution is -2.54. The third kappa shape index (κ3) is 6.59. The summed E-state index contributed by atoms with van der Waals surface area (Å²) in [5, 5.41) is 13.3. The van der Waals surface area contributed by atoms with Gasteiger partial charge < -0.3 is 24.6 Å². The maximum absolute atomic E-state index is 14.0. The van der Waals surface area contributed by atoms with Gasteiger partial charge >= 0.3 is 12.2 Å². The predicted octanol–water partition coefficient (Wildman–Crippen LogP) is 6.79. The average Bonchev–Trinajstić information content (AvgIpc) is 3.23. The number of aryl methyl sites for hydroxylation is 2. The Morgan fingerprint density at radius 1 is 0.933 bits per heavy atom. The van der Waals surface area contributed by atoms with E-state index in [1.165, 1.54) is 17.0 Å². The Balaban J connectivity index is 1.48. The second-order valence-corrected chi connectivity index (χ2v) is 13.0. The standard InChI is InChI=1S/C34H45F3N2O6/c1-7-11-22-19-25(32(6,42)34(35,36)37)20-23(12-8-2)28(22)45-16-10-9-15-39-29(40)33(31(3,4)5,38-30(39)41)24-13-14-26-27(21-24)44-18-17-43-26/h13-14,19-21,42H,7-12,15-18H2,1-6H3,(H,38,41). The number of carbonyl (C=O) groups is 2. The summed E-state index contributed by atoms with van der Waals surface area (Å²) < 4.78 is 58.5. The number of ether oxygens (including phenoxy) is 3. The molecular weight excluding hydrogens is 589 g/mol. The number of urea groups is 1. The molecule has 1 saturated heterocycles. The van der Waals surface area contributed by atoms with E-state index in [9.17, 15) is 27.9 Å². The van der Waals surface area contributed by atoms with Gasteiger partial charge in [-0.1, -0.05) is 53.5 Å². The summed E-state index contributed by atoms with van der Waals surface area (Å²) in [4.78, 5) is 28.4. The number of nitrogens with zero attached hydrogens (tertiary/aromatic N) is 1. The molecule has 0 saturated carbocycles. The molecule has 2 aliphatic rings. The number of carbonyl (C=O) groups excluding carboxylic acids is 2. The normalized spacial score (nSPS) is 19.8. The van der Waals surface area contributed by atoms with Crippen molar-refractivity contribution < 1.29 is 42.1 Å². The molecule has 0 aromatic heterocycles. The van der Waals surface area contributed by atoms with Crippen LogP contribution in [0.5, 0.6) is 17.2 Å². The van der Waals surface area contributed by atoms with Crippen molar-refractivity contribution in [3.05, 3.63) is 52.6 Å². The number of nitrogens with one attached hydrogen (secondary N) is 1. The van der Waals surface area contributed by atoms with Gasteiger partial charge in [0.1, 0.15) is 19.0 Å². The van der Waals surface area contributed by atoms with Crippen LogP contribution in [-0.2, 0) is 28.8 Å². The Bertz CT molecular complexity index is 1370. The van der Waals surface area contributed by atoms with Crippen LogP contribution >= 0.6 is 0 Å². The lowest BCUT2D eigenvalue weighted by atomic mass is 9.69. The fourth-order valence-corrected chi connectivity index (χ4v) is 6.03. The molecule has 2 atom stereocenters. The fourth-order valence-electron chi connectivity index (χ4n) is 6.03. The molecule has 0 radical (unpaired) electrons. The molecule has 2 aromatic carbocycles. The second kappa shape index (κ2) is 13.1. The number of halogens is 3. The summed E-state index contributed by atoms with van der Waals surface area (Å²) in [5.41, 5.74) is -3.31. The molecule has 0 aliphatic carbocycles. The quantitative estimate of drug-likeness (QED) is 0.197. The smallest absolute Gasteiger partial charge is 0.421 e. The summed E-state index contributed by atoms with van der Waals surface area (Å²) in [5.74, 6) is 1.31. The van der Waals surface area contributed by atoms with E-state index in [2.05, 4.69) is 5.32 Å². The number of unbranched alkanes of at least 4 members (excludes halogenated alkanes) is 1. The van der Waals surface area contributed by atoms with Crippen LogP contribution in [-0.4, -0.2) is 54.5 Å². The molecule has 3 amide bonds. The van der Waals surface area contributed by atoms with Gasteiger partial charge in [0.15, 0.2) is 22.6 Å². The van der Waals surface area contributed by atoms with Crippen LogP contribution in [0.2, 0.25) is 0 Å². The number of aliphatic hydroxyl groups is 1. The lowest BCUT2D eigenvalue weighted by molar-refractivity contribution is -0.258. The molecule has 2 N–H and O–H groups in total. The van der Waals surface area contributed by atoms with Crippen molar-refractivity contribution >= 4 is 11.9 Å². The third-order valence-corrected chi connectivity index (χ3v) is 8.62. The van der Waals surface area contributed by atoms with Crippen molar-refractivity contribution in [3.8, 4) is 17.2 Å². The molecule has 248 valence electrons. The minimum atomic E-state index is -4.83. The van der Waals surface area contributed by atoms with Crippen LogP contribution in [0.4, 0.5) is 18.0 Å². The van der Waals surface area contributed by atoms with Crippen molar-refractivity contribution in [2.45, 2.75) is 97.4 Å². The third-order valence-electron chi connectivity index (χ3n) is 8.62. The van der Waals surface area contributed by atoms with Crippen molar-refractivity contribution in [1.29, 1.82) is 0 Å². The van der Waals surface area contributed by atoms with Gasteiger partial charge in [0.25, 0.3) is 5.91 Å². The zero-order valence-electron chi connectivity index (χ0n) is 27.0. The van der Waals surface area contributed by atoms with Gasteiger partial charge in [-0.25, -0.2) is 4.79 Å². The summed E-state index contributed by atoms with van der Waals surface area (Å²) >= 11 is 0. The van der Waals surface area contributed by atoms with E-state index in [4.69, 9.17) is 14.2 Å². The second-order valence-electron chi connectivity index (χ2n) is 13.0. The van der Waals surface area contributed by atoms with Crippen LogP contribution in [0.1, 0.15) is 89.5 Å². The molecule has 2 aromatic rings. The molecule has 2 heterocycles. The number of hydrogen-bond acceptors (Lipinski definition) is 6. The van der Waals surface area contributed by atoms with Crippen LogP contribution in [0.3, 0.4) is 0 Å².